The van der Waals surface area contributed by atoms with E-state index in [9.17, 15) is 4.79 Å². The third kappa shape index (κ3) is 3.37. The number of rotatable bonds is 3. The minimum Gasteiger partial charge on any atom is -0.378 e. The number of thiophene rings is 1. The van der Waals surface area contributed by atoms with Crippen LogP contribution >= 0.6 is 11.3 Å². The molecule has 2 aromatic rings. The van der Waals surface area contributed by atoms with Crippen molar-refractivity contribution in [3.8, 4) is 0 Å². The van der Waals surface area contributed by atoms with Crippen molar-refractivity contribution in [1.82, 2.24) is 9.97 Å². The molecule has 110 valence electrons. The lowest BCUT2D eigenvalue weighted by atomic mass is 10.4. The number of nitrogens with zero attached hydrogens (tertiary/aromatic N) is 3. The van der Waals surface area contributed by atoms with Gasteiger partial charge in [-0.15, -0.1) is 11.3 Å². The molecule has 0 aliphatic carbocycles. The zero-order chi connectivity index (χ0) is 14.7. The summed E-state index contributed by atoms with van der Waals surface area (Å²) < 4.78 is 5.30. The van der Waals surface area contributed by atoms with Crippen molar-refractivity contribution >= 4 is 28.9 Å². The maximum Gasteiger partial charge on any atom is 0.265 e. The van der Waals surface area contributed by atoms with Crippen molar-refractivity contribution in [2.24, 2.45) is 0 Å². The molecule has 0 saturated carbocycles. The maximum absolute atomic E-state index is 12.0. The molecule has 1 aliphatic rings. The van der Waals surface area contributed by atoms with Gasteiger partial charge in [-0.3, -0.25) is 4.79 Å². The van der Waals surface area contributed by atoms with Gasteiger partial charge in [0.15, 0.2) is 0 Å². The van der Waals surface area contributed by atoms with Crippen molar-refractivity contribution in [3.63, 3.8) is 0 Å². The largest absolute Gasteiger partial charge is 0.378 e. The number of aryl methyl sites for hydroxylation is 1. The average Bonchev–Trinajstić information content (AvgIpc) is 2.96. The first-order valence-corrected chi connectivity index (χ1v) is 7.56. The third-order valence-corrected chi connectivity index (χ3v) is 4.15. The van der Waals surface area contributed by atoms with Crippen LogP contribution in [0.3, 0.4) is 0 Å². The SMILES string of the molecule is Cc1ccc(C(=O)Nc2cnc(N3CCOCC3)nc2)s1. The molecule has 1 aliphatic heterocycles. The second-order valence-corrected chi connectivity index (χ2v) is 6.02. The van der Waals surface area contributed by atoms with Gasteiger partial charge < -0.3 is 15.0 Å². The Balaban J connectivity index is 1.65. The summed E-state index contributed by atoms with van der Waals surface area (Å²) in [7, 11) is 0. The van der Waals surface area contributed by atoms with Gasteiger partial charge in [0, 0.05) is 18.0 Å². The fraction of sp³-hybridized carbons (Fsp3) is 0.357. The van der Waals surface area contributed by atoms with E-state index in [0.29, 0.717) is 29.7 Å². The van der Waals surface area contributed by atoms with E-state index >= 15 is 0 Å². The summed E-state index contributed by atoms with van der Waals surface area (Å²) >= 11 is 1.47. The van der Waals surface area contributed by atoms with Crippen molar-refractivity contribution < 1.29 is 9.53 Å². The number of hydrogen-bond acceptors (Lipinski definition) is 6. The number of aromatic nitrogens is 2. The molecule has 0 bridgehead atoms. The van der Waals surface area contributed by atoms with Gasteiger partial charge in [0.05, 0.1) is 36.2 Å². The molecule has 0 radical (unpaired) electrons. The molecule has 3 rings (SSSR count). The number of ether oxygens (including phenoxy) is 1. The van der Waals surface area contributed by atoms with Crippen LogP contribution in [-0.4, -0.2) is 42.2 Å². The van der Waals surface area contributed by atoms with E-state index in [0.717, 1.165) is 18.0 Å². The molecule has 6 nitrogen and oxygen atoms in total. The first-order valence-electron chi connectivity index (χ1n) is 6.75. The molecule has 2 aromatic heterocycles. The van der Waals surface area contributed by atoms with Gasteiger partial charge >= 0.3 is 0 Å². The standard InChI is InChI=1S/C14H16N4O2S/c1-10-2-3-12(21-10)13(19)17-11-8-15-14(16-9-11)18-4-6-20-7-5-18/h2-3,8-9H,4-7H2,1H3,(H,17,19). The number of carbonyl (C=O) groups excluding carboxylic acids is 1. The van der Waals surface area contributed by atoms with Crippen LogP contribution in [0.4, 0.5) is 11.6 Å². The Morgan fingerprint density at radius 3 is 2.62 bits per heavy atom. The van der Waals surface area contributed by atoms with Gasteiger partial charge in [-0.25, -0.2) is 9.97 Å². The van der Waals surface area contributed by atoms with Gasteiger partial charge in [0.1, 0.15) is 0 Å². The molecule has 0 atom stereocenters. The van der Waals surface area contributed by atoms with Crippen LogP contribution in [0.15, 0.2) is 24.5 Å². The molecule has 1 fully saturated rings. The van der Waals surface area contributed by atoms with Crippen molar-refractivity contribution in [2.45, 2.75) is 6.92 Å². The summed E-state index contributed by atoms with van der Waals surface area (Å²) in [5.74, 6) is 0.541. The monoisotopic (exact) mass is 304 g/mol. The minimum atomic E-state index is -0.129. The lowest BCUT2D eigenvalue weighted by molar-refractivity contribution is 0.103. The van der Waals surface area contributed by atoms with Crippen molar-refractivity contribution in [2.75, 3.05) is 36.5 Å². The van der Waals surface area contributed by atoms with Crippen LogP contribution in [0.25, 0.3) is 0 Å². The van der Waals surface area contributed by atoms with Gasteiger partial charge in [0.2, 0.25) is 5.95 Å². The molecule has 7 heteroatoms. The van der Waals surface area contributed by atoms with Crippen LogP contribution in [0.1, 0.15) is 14.5 Å². The Kier molecular flexibility index (Phi) is 4.12. The number of morpholine rings is 1. The van der Waals surface area contributed by atoms with Gasteiger partial charge in [-0.1, -0.05) is 0 Å². The highest BCUT2D eigenvalue weighted by Crippen LogP contribution is 2.17. The van der Waals surface area contributed by atoms with Gasteiger partial charge in [-0.05, 0) is 19.1 Å². The Hall–Kier alpha value is -1.99. The van der Waals surface area contributed by atoms with Gasteiger partial charge in [-0.2, -0.15) is 0 Å². The molecule has 1 N–H and O–H groups in total. The summed E-state index contributed by atoms with van der Waals surface area (Å²) in [5.41, 5.74) is 0.600. The van der Waals surface area contributed by atoms with E-state index in [1.165, 1.54) is 11.3 Å². The van der Waals surface area contributed by atoms with E-state index in [2.05, 4.69) is 20.2 Å². The number of carbonyl (C=O) groups is 1. The van der Waals surface area contributed by atoms with Crippen LogP contribution < -0.4 is 10.2 Å². The number of anilines is 2. The average molecular weight is 304 g/mol. The molecule has 21 heavy (non-hydrogen) atoms. The van der Waals surface area contributed by atoms with Crippen LogP contribution in [-0.2, 0) is 4.74 Å². The smallest absolute Gasteiger partial charge is 0.265 e. The van der Waals surface area contributed by atoms with Crippen LogP contribution in [0.2, 0.25) is 0 Å². The van der Waals surface area contributed by atoms with Crippen LogP contribution in [0, 0.1) is 6.92 Å². The molecule has 0 spiro atoms. The fourth-order valence-electron chi connectivity index (χ4n) is 2.06. The first-order chi connectivity index (χ1) is 10.2. The molecule has 1 amide bonds. The Labute approximate surface area is 126 Å². The molecular formula is C14H16N4O2S. The summed E-state index contributed by atoms with van der Waals surface area (Å²) in [5, 5.41) is 2.80. The summed E-state index contributed by atoms with van der Waals surface area (Å²) in [6.45, 7) is 4.95. The normalized spacial score (nSPS) is 15.0. The Morgan fingerprint density at radius 1 is 1.29 bits per heavy atom. The minimum absolute atomic E-state index is 0.129. The first kappa shape index (κ1) is 14.0. The van der Waals surface area contributed by atoms with Crippen molar-refractivity contribution in [3.05, 3.63) is 34.3 Å². The number of amides is 1. The zero-order valence-electron chi connectivity index (χ0n) is 11.7. The lowest BCUT2D eigenvalue weighted by Crippen LogP contribution is -2.37. The van der Waals surface area contributed by atoms with E-state index in [-0.39, 0.29) is 5.91 Å². The topological polar surface area (TPSA) is 67.4 Å². The predicted octanol–water partition coefficient (Wildman–Crippen LogP) is 1.94. The molecule has 3 heterocycles. The highest BCUT2D eigenvalue weighted by molar-refractivity contribution is 7.14. The van der Waals surface area contributed by atoms with E-state index in [1.54, 1.807) is 12.4 Å². The highest BCUT2D eigenvalue weighted by atomic mass is 32.1. The van der Waals surface area contributed by atoms with E-state index < -0.39 is 0 Å². The fourth-order valence-corrected chi connectivity index (χ4v) is 2.82. The Morgan fingerprint density at radius 2 is 2.00 bits per heavy atom. The molecule has 1 saturated heterocycles. The van der Waals surface area contributed by atoms with Gasteiger partial charge in [0.25, 0.3) is 5.91 Å². The summed E-state index contributed by atoms with van der Waals surface area (Å²) in [6, 6.07) is 3.75. The maximum atomic E-state index is 12.0. The van der Waals surface area contributed by atoms with E-state index in [4.69, 9.17) is 4.74 Å². The lowest BCUT2D eigenvalue weighted by Gasteiger charge is -2.26. The zero-order valence-corrected chi connectivity index (χ0v) is 12.5. The van der Waals surface area contributed by atoms with E-state index in [1.807, 2.05) is 19.1 Å². The predicted molar refractivity (Wildman–Crippen MR) is 82.1 cm³/mol. The second kappa shape index (κ2) is 6.19. The molecule has 0 unspecified atom stereocenters. The number of hydrogen-bond donors (Lipinski definition) is 1. The van der Waals surface area contributed by atoms with Crippen molar-refractivity contribution in [1.29, 1.82) is 0 Å². The highest BCUT2D eigenvalue weighted by Gasteiger charge is 2.14. The quantitative estimate of drug-likeness (QED) is 0.938. The number of nitrogens with one attached hydrogen (secondary N) is 1. The third-order valence-electron chi connectivity index (χ3n) is 3.15. The summed E-state index contributed by atoms with van der Waals surface area (Å²) in [4.78, 5) is 24.5. The Bertz CT molecular complexity index is 620. The second-order valence-electron chi connectivity index (χ2n) is 4.74. The van der Waals surface area contributed by atoms with Crippen LogP contribution in [0.5, 0.6) is 0 Å². The molecule has 0 aromatic carbocycles. The summed E-state index contributed by atoms with van der Waals surface area (Å²) in [6.07, 6.45) is 3.27. The molecular weight excluding hydrogens is 288 g/mol.